The minimum absolute atomic E-state index is 0.538. The van der Waals surface area contributed by atoms with Crippen molar-refractivity contribution in [2.75, 3.05) is 13.6 Å². The molecule has 0 aliphatic heterocycles. The van der Waals surface area contributed by atoms with E-state index in [2.05, 4.69) is 54.5 Å². The van der Waals surface area contributed by atoms with Crippen LogP contribution in [0.25, 0.3) is 16.8 Å². The Morgan fingerprint density at radius 1 is 1.28 bits per heavy atom. The first-order chi connectivity index (χ1) is 8.72. The highest BCUT2D eigenvalue weighted by Crippen LogP contribution is 2.21. The molecule has 0 saturated heterocycles. The fraction of sp³-hybridized carbons (Fsp3) is 0.312. The van der Waals surface area contributed by atoms with E-state index in [0.717, 1.165) is 6.54 Å². The van der Waals surface area contributed by atoms with Gasteiger partial charge in [0.05, 0.1) is 0 Å². The molecule has 0 amide bonds. The summed E-state index contributed by atoms with van der Waals surface area (Å²) in [5.41, 5.74) is 2.60. The summed E-state index contributed by atoms with van der Waals surface area (Å²) in [4.78, 5) is 4.32. The van der Waals surface area contributed by atoms with E-state index in [1.807, 2.05) is 19.4 Å². The van der Waals surface area contributed by atoms with Crippen molar-refractivity contribution in [2.24, 2.45) is 5.92 Å². The van der Waals surface area contributed by atoms with Gasteiger partial charge in [-0.1, -0.05) is 49.8 Å². The van der Waals surface area contributed by atoms with Gasteiger partial charge >= 0.3 is 0 Å². The number of hydrogen-bond acceptors (Lipinski definition) is 2. The fourth-order valence-corrected chi connectivity index (χ4v) is 2.08. The van der Waals surface area contributed by atoms with Crippen LogP contribution >= 0.6 is 0 Å². The van der Waals surface area contributed by atoms with Gasteiger partial charge in [-0.15, -0.1) is 0 Å². The molecule has 1 aromatic heterocycles. The molecule has 18 heavy (non-hydrogen) atoms. The van der Waals surface area contributed by atoms with Crippen molar-refractivity contribution in [3.05, 3.63) is 47.8 Å². The molecule has 2 rings (SSSR count). The Morgan fingerprint density at radius 2 is 2.06 bits per heavy atom. The number of aromatic nitrogens is 1. The second-order valence-electron chi connectivity index (χ2n) is 4.85. The first-order valence-corrected chi connectivity index (χ1v) is 6.40. The van der Waals surface area contributed by atoms with Crippen molar-refractivity contribution < 1.29 is 0 Å². The van der Waals surface area contributed by atoms with E-state index >= 15 is 0 Å². The first-order valence-electron chi connectivity index (χ1n) is 6.40. The lowest BCUT2D eigenvalue weighted by Crippen LogP contribution is -2.13. The zero-order valence-electron chi connectivity index (χ0n) is 11.3. The third kappa shape index (κ3) is 2.77. The van der Waals surface area contributed by atoms with Gasteiger partial charge in [-0.25, -0.2) is 0 Å². The number of nitrogens with zero attached hydrogens (tertiary/aromatic N) is 1. The second kappa shape index (κ2) is 5.78. The molecule has 0 radical (unpaired) electrons. The zero-order valence-corrected chi connectivity index (χ0v) is 11.3. The van der Waals surface area contributed by atoms with Crippen LogP contribution in [0.5, 0.6) is 0 Å². The maximum absolute atomic E-state index is 4.32. The van der Waals surface area contributed by atoms with Crippen LogP contribution in [0.3, 0.4) is 0 Å². The molecule has 2 heteroatoms. The van der Waals surface area contributed by atoms with Gasteiger partial charge in [0.25, 0.3) is 0 Å². The van der Waals surface area contributed by atoms with E-state index < -0.39 is 0 Å². The molecule has 0 saturated carbocycles. The van der Waals surface area contributed by atoms with Gasteiger partial charge in [-0.05, 0) is 18.4 Å². The van der Waals surface area contributed by atoms with Crippen LogP contribution in [0, 0.1) is 5.92 Å². The van der Waals surface area contributed by atoms with Crippen molar-refractivity contribution in [3.8, 4) is 0 Å². The molecular weight excluding hydrogens is 220 g/mol. The lowest BCUT2D eigenvalue weighted by Gasteiger charge is -2.11. The predicted molar refractivity (Wildman–Crippen MR) is 78.5 cm³/mol. The molecule has 0 unspecified atom stereocenters. The molecule has 0 bridgehead atoms. The summed E-state index contributed by atoms with van der Waals surface area (Å²) in [6.45, 7) is 5.37. The predicted octanol–water partition coefficient (Wildman–Crippen LogP) is 3.49. The van der Waals surface area contributed by atoms with Gasteiger partial charge in [0.1, 0.15) is 0 Å². The number of nitrogens with one attached hydrogen (secondary N) is 1. The highest BCUT2D eigenvalue weighted by atomic mass is 14.8. The second-order valence-corrected chi connectivity index (χ2v) is 4.85. The average Bonchev–Trinajstić information content (AvgIpc) is 2.38. The van der Waals surface area contributed by atoms with Crippen LogP contribution in [0.4, 0.5) is 0 Å². The van der Waals surface area contributed by atoms with E-state index in [4.69, 9.17) is 0 Å². The van der Waals surface area contributed by atoms with Crippen molar-refractivity contribution >= 4 is 16.8 Å². The normalized spacial score (nSPS) is 12.3. The standard InChI is InChI=1S/C16H20N2/c1-12(2)14(9-17-3)8-15-11-18-10-13-6-4-5-7-16(13)15/h4-8,10-12,17H,9H2,1-3H3/b14-8-. The number of pyridine rings is 1. The first kappa shape index (κ1) is 12.8. The monoisotopic (exact) mass is 240 g/mol. The molecule has 94 valence electrons. The van der Waals surface area contributed by atoms with Crippen molar-refractivity contribution in [2.45, 2.75) is 13.8 Å². The van der Waals surface area contributed by atoms with Gasteiger partial charge in [0.15, 0.2) is 0 Å². The summed E-state index contributed by atoms with van der Waals surface area (Å²) in [6, 6.07) is 8.38. The molecule has 2 nitrogen and oxygen atoms in total. The molecule has 1 aromatic carbocycles. The topological polar surface area (TPSA) is 24.9 Å². The van der Waals surface area contributed by atoms with E-state index in [-0.39, 0.29) is 0 Å². The molecule has 0 aliphatic rings. The van der Waals surface area contributed by atoms with Crippen LogP contribution in [0.2, 0.25) is 0 Å². The number of likely N-dealkylation sites (N-methyl/N-ethyl adjacent to an activating group) is 1. The van der Waals surface area contributed by atoms with Gasteiger partial charge in [-0.3, -0.25) is 4.98 Å². The summed E-state index contributed by atoms with van der Waals surface area (Å²) < 4.78 is 0. The molecule has 2 aromatic rings. The van der Waals surface area contributed by atoms with E-state index in [0.29, 0.717) is 5.92 Å². The van der Waals surface area contributed by atoms with Gasteiger partial charge in [0, 0.05) is 29.9 Å². The molecule has 1 N–H and O–H groups in total. The Labute approximate surface area is 109 Å². The van der Waals surface area contributed by atoms with Gasteiger partial charge in [-0.2, -0.15) is 0 Å². The number of hydrogen-bond donors (Lipinski definition) is 1. The van der Waals surface area contributed by atoms with Gasteiger partial charge in [0.2, 0.25) is 0 Å². The van der Waals surface area contributed by atoms with Crippen molar-refractivity contribution in [1.82, 2.24) is 10.3 Å². The molecular formula is C16H20N2. The summed E-state index contributed by atoms with van der Waals surface area (Å²) in [7, 11) is 1.98. The fourth-order valence-electron chi connectivity index (χ4n) is 2.08. The Bertz CT molecular complexity index is 551. The molecule has 0 aliphatic carbocycles. The SMILES string of the molecule is CNC/C(=C/c1cncc2ccccc12)C(C)C. The lowest BCUT2D eigenvalue weighted by molar-refractivity contribution is 0.713. The third-order valence-corrected chi connectivity index (χ3v) is 3.16. The summed E-state index contributed by atoms with van der Waals surface area (Å²) >= 11 is 0. The highest BCUT2D eigenvalue weighted by molar-refractivity contribution is 5.89. The van der Waals surface area contributed by atoms with Crippen LogP contribution in [0.1, 0.15) is 19.4 Å². The lowest BCUT2D eigenvalue weighted by atomic mass is 9.98. The molecule has 0 spiro atoms. The van der Waals surface area contributed by atoms with Crippen LogP contribution in [-0.4, -0.2) is 18.6 Å². The van der Waals surface area contributed by atoms with E-state index in [1.165, 1.54) is 21.9 Å². The van der Waals surface area contributed by atoms with Crippen LogP contribution in [0.15, 0.2) is 42.2 Å². The maximum atomic E-state index is 4.32. The van der Waals surface area contributed by atoms with Crippen molar-refractivity contribution in [1.29, 1.82) is 0 Å². The Morgan fingerprint density at radius 3 is 2.78 bits per heavy atom. The maximum Gasteiger partial charge on any atom is 0.0346 e. The van der Waals surface area contributed by atoms with Crippen LogP contribution in [-0.2, 0) is 0 Å². The molecule has 0 fully saturated rings. The van der Waals surface area contributed by atoms with Crippen molar-refractivity contribution in [3.63, 3.8) is 0 Å². The quantitative estimate of drug-likeness (QED) is 0.884. The molecule has 1 heterocycles. The van der Waals surface area contributed by atoms with E-state index in [1.54, 1.807) is 0 Å². The number of rotatable bonds is 4. The summed E-state index contributed by atoms with van der Waals surface area (Å²) in [6.07, 6.45) is 6.12. The largest absolute Gasteiger partial charge is 0.316 e. The minimum atomic E-state index is 0.538. The number of benzene rings is 1. The van der Waals surface area contributed by atoms with E-state index in [9.17, 15) is 0 Å². The Balaban J connectivity index is 2.50. The Kier molecular flexibility index (Phi) is 4.11. The summed E-state index contributed by atoms with van der Waals surface area (Å²) in [5, 5.41) is 5.69. The summed E-state index contributed by atoms with van der Waals surface area (Å²) in [5.74, 6) is 0.538. The average molecular weight is 240 g/mol. The smallest absolute Gasteiger partial charge is 0.0346 e. The Hall–Kier alpha value is -1.67. The van der Waals surface area contributed by atoms with Gasteiger partial charge < -0.3 is 5.32 Å². The third-order valence-electron chi connectivity index (χ3n) is 3.16. The highest BCUT2D eigenvalue weighted by Gasteiger charge is 2.04. The minimum Gasteiger partial charge on any atom is -0.316 e. The zero-order chi connectivity index (χ0) is 13.0. The van der Waals surface area contributed by atoms with Crippen LogP contribution < -0.4 is 5.32 Å². The molecule has 0 atom stereocenters. The number of fused-ring (bicyclic) bond motifs is 1.